The van der Waals surface area contributed by atoms with Gasteiger partial charge in [0.2, 0.25) is 0 Å². The van der Waals surface area contributed by atoms with Crippen LogP contribution in [0.3, 0.4) is 0 Å². The highest BCUT2D eigenvalue weighted by Gasteiger charge is 2.22. The molecule has 0 rings (SSSR count). The highest BCUT2D eigenvalue weighted by atomic mass is 16.7. The lowest BCUT2D eigenvalue weighted by molar-refractivity contribution is -0.187. The van der Waals surface area contributed by atoms with Crippen molar-refractivity contribution in [2.24, 2.45) is 0 Å². The van der Waals surface area contributed by atoms with E-state index in [2.05, 4.69) is 0 Å². The van der Waals surface area contributed by atoms with Crippen LogP contribution in [0, 0.1) is 0 Å². The van der Waals surface area contributed by atoms with Gasteiger partial charge < -0.3 is 24.4 Å². The van der Waals surface area contributed by atoms with Gasteiger partial charge in [-0.15, -0.1) is 0 Å². The summed E-state index contributed by atoms with van der Waals surface area (Å²) in [6.07, 6.45) is -2.04. The molecule has 6 nitrogen and oxygen atoms in total. The van der Waals surface area contributed by atoms with Crippen LogP contribution < -0.4 is 0 Å². The second-order valence-corrected chi connectivity index (χ2v) is 3.89. The van der Waals surface area contributed by atoms with Crippen LogP contribution in [0.15, 0.2) is 0 Å². The highest BCUT2D eigenvalue weighted by molar-refractivity contribution is 5.80. The van der Waals surface area contributed by atoms with Crippen molar-refractivity contribution < 1.29 is 29.2 Å². The fraction of sp³-hybridized carbons (Fsp3) is 0.900. The Morgan fingerprint density at radius 2 is 1.81 bits per heavy atom. The Hall–Kier alpha value is -0.530. The molecule has 0 spiro atoms. The van der Waals surface area contributed by atoms with Crippen molar-refractivity contribution in [3.8, 4) is 0 Å². The molecule has 0 heterocycles. The molecule has 0 saturated carbocycles. The van der Waals surface area contributed by atoms with Gasteiger partial charge in [0.25, 0.3) is 0 Å². The van der Waals surface area contributed by atoms with E-state index in [4.69, 9.17) is 14.2 Å². The molecule has 0 aliphatic rings. The van der Waals surface area contributed by atoms with Crippen LogP contribution in [-0.4, -0.2) is 55.0 Å². The minimum Gasteiger partial charge on any atom is -0.387 e. The quantitative estimate of drug-likeness (QED) is 0.561. The number of aliphatic hydroxyl groups is 2. The molecular formula is C10H20O6. The molecule has 1 unspecified atom stereocenters. The van der Waals surface area contributed by atoms with Gasteiger partial charge in [0, 0.05) is 20.6 Å². The van der Waals surface area contributed by atoms with E-state index in [-0.39, 0.29) is 18.8 Å². The van der Waals surface area contributed by atoms with Gasteiger partial charge in [-0.1, -0.05) is 0 Å². The van der Waals surface area contributed by atoms with Crippen LogP contribution in [0.25, 0.3) is 0 Å². The fourth-order valence-electron chi connectivity index (χ4n) is 1.06. The molecule has 1 atom stereocenters. The van der Waals surface area contributed by atoms with E-state index < -0.39 is 18.2 Å². The number of hydrogen-bond donors (Lipinski definition) is 2. The number of Topliss-reactive ketones (excluding diaryl/α,β-unsaturated/α-hetero) is 1. The number of hydrogen-bond acceptors (Lipinski definition) is 6. The Kier molecular flexibility index (Phi) is 6.70. The fourth-order valence-corrected chi connectivity index (χ4v) is 1.06. The molecule has 0 bridgehead atoms. The van der Waals surface area contributed by atoms with E-state index in [1.54, 1.807) is 0 Å². The molecule has 0 aromatic heterocycles. The maximum atomic E-state index is 11.3. The number of aliphatic hydroxyl groups excluding tert-OH is 1. The van der Waals surface area contributed by atoms with Crippen molar-refractivity contribution in [1.29, 1.82) is 0 Å². The van der Waals surface area contributed by atoms with Crippen LogP contribution in [0.5, 0.6) is 0 Å². The molecule has 0 aliphatic heterocycles. The number of ketones is 1. The van der Waals surface area contributed by atoms with Gasteiger partial charge in [0.05, 0.1) is 0 Å². The molecular weight excluding hydrogens is 216 g/mol. The molecule has 0 radical (unpaired) electrons. The molecule has 16 heavy (non-hydrogen) atoms. The smallest absolute Gasteiger partial charge is 0.183 e. The van der Waals surface area contributed by atoms with Crippen molar-refractivity contribution in [3.05, 3.63) is 0 Å². The van der Waals surface area contributed by atoms with E-state index in [9.17, 15) is 15.0 Å². The maximum absolute atomic E-state index is 11.3. The molecule has 6 heteroatoms. The van der Waals surface area contributed by atoms with Gasteiger partial charge >= 0.3 is 0 Å². The third-order valence-electron chi connectivity index (χ3n) is 1.80. The van der Waals surface area contributed by atoms with Crippen molar-refractivity contribution in [3.63, 3.8) is 0 Å². The minimum absolute atomic E-state index is 0.150. The Bertz CT molecular complexity index is 206. The summed E-state index contributed by atoms with van der Waals surface area (Å²) in [5, 5.41) is 18.7. The van der Waals surface area contributed by atoms with Gasteiger partial charge in [-0.05, 0) is 13.8 Å². The zero-order valence-electron chi connectivity index (χ0n) is 10.1. The molecule has 0 aliphatic carbocycles. The Balaban J connectivity index is 3.95. The third-order valence-corrected chi connectivity index (χ3v) is 1.80. The summed E-state index contributed by atoms with van der Waals surface area (Å²) >= 11 is 0. The van der Waals surface area contributed by atoms with E-state index in [0.717, 1.165) is 0 Å². The van der Waals surface area contributed by atoms with E-state index in [1.807, 2.05) is 0 Å². The van der Waals surface area contributed by atoms with Gasteiger partial charge in [0.1, 0.15) is 12.7 Å². The standard InChI is InChI=1S/C10H20O6/c1-10(2,13)16-6-7(11)5-8(12)9(14-3)15-4/h8-9,12-13H,5-6H2,1-4H3. The van der Waals surface area contributed by atoms with E-state index in [0.29, 0.717) is 0 Å². The summed E-state index contributed by atoms with van der Waals surface area (Å²) in [6.45, 7) is 2.58. The zero-order chi connectivity index (χ0) is 12.8. The van der Waals surface area contributed by atoms with Crippen LogP contribution >= 0.6 is 0 Å². The second kappa shape index (κ2) is 6.93. The number of carbonyl (C=O) groups is 1. The lowest BCUT2D eigenvalue weighted by atomic mass is 10.2. The first-order valence-corrected chi connectivity index (χ1v) is 4.92. The Morgan fingerprint density at radius 3 is 2.19 bits per heavy atom. The van der Waals surface area contributed by atoms with Gasteiger partial charge in [-0.2, -0.15) is 0 Å². The third kappa shape index (κ3) is 6.86. The van der Waals surface area contributed by atoms with Crippen LogP contribution in [0.4, 0.5) is 0 Å². The summed E-state index contributed by atoms with van der Waals surface area (Å²) in [4.78, 5) is 11.3. The molecule has 96 valence electrons. The van der Waals surface area contributed by atoms with Crippen molar-refractivity contribution in [2.75, 3.05) is 20.8 Å². The molecule has 0 aromatic rings. The van der Waals surface area contributed by atoms with Crippen LogP contribution in [0.1, 0.15) is 20.3 Å². The van der Waals surface area contributed by atoms with Crippen molar-refractivity contribution >= 4 is 5.78 Å². The second-order valence-electron chi connectivity index (χ2n) is 3.89. The average Bonchev–Trinajstić information content (AvgIpc) is 2.15. The maximum Gasteiger partial charge on any atom is 0.183 e. The summed E-state index contributed by atoms with van der Waals surface area (Å²) in [5.41, 5.74) is 0. The van der Waals surface area contributed by atoms with E-state index >= 15 is 0 Å². The van der Waals surface area contributed by atoms with Gasteiger partial charge in [0.15, 0.2) is 17.9 Å². The lowest BCUT2D eigenvalue weighted by Gasteiger charge is -2.21. The highest BCUT2D eigenvalue weighted by Crippen LogP contribution is 2.07. The van der Waals surface area contributed by atoms with Crippen LogP contribution in [-0.2, 0) is 19.0 Å². The Morgan fingerprint density at radius 1 is 1.31 bits per heavy atom. The largest absolute Gasteiger partial charge is 0.387 e. The van der Waals surface area contributed by atoms with Crippen molar-refractivity contribution in [1.82, 2.24) is 0 Å². The zero-order valence-corrected chi connectivity index (χ0v) is 10.1. The van der Waals surface area contributed by atoms with Crippen LogP contribution in [0.2, 0.25) is 0 Å². The first-order valence-electron chi connectivity index (χ1n) is 4.92. The molecule has 0 fully saturated rings. The summed E-state index contributed by atoms with van der Waals surface area (Å²) in [5.74, 6) is -1.70. The topological polar surface area (TPSA) is 85.2 Å². The predicted molar refractivity (Wildman–Crippen MR) is 55.7 cm³/mol. The predicted octanol–water partition coefficient (Wildman–Crippen LogP) is -0.330. The van der Waals surface area contributed by atoms with Crippen molar-refractivity contribution in [2.45, 2.75) is 38.4 Å². The van der Waals surface area contributed by atoms with Gasteiger partial charge in [-0.25, -0.2) is 0 Å². The minimum atomic E-state index is -1.36. The molecule has 2 N–H and O–H groups in total. The van der Waals surface area contributed by atoms with E-state index in [1.165, 1.54) is 28.1 Å². The normalized spacial score (nSPS) is 14.2. The average molecular weight is 236 g/mol. The van der Waals surface area contributed by atoms with Gasteiger partial charge in [-0.3, -0.25) is 4.79 Å². The molecule has 0 saturated heterocycles. The number of carbonyl (C=O) groups excluding carboxylic acids is 1. The number of ether oxygens (including phenoxy) is 3. The number of methoxy groups -OCH3 is 2. The molecule has 0 amide bonds. The lowest BCUT2D eigenvalue weighted by Crippen LogP contribution is -2.34. The first kappa shape index (κ1) is 15.5. The number of rotatable bonds is 8. The summed E-state index contributed by atoms with van der Waals surface area (Å²) in [7, 11) is 2.74. The molecule has 0 aromatic carbocycles. The monoisotopic (exact) mass is 236 g/mol. The summed E-state index contributed by atoms with van der Waals surface area (Å²) in [6, 6.07) is 0. The summed E-state index contributed by atoms with van der Waals surface area (Å²) < 4.78 is 14.4. The SMILES string of the molecule is COC(OC)C(O)CC(=O)COC(C)(C)O. The Labute approximate surface area is 95.1 Å². The first-order chi connectivity index (χ1) is 7.30.